The van der Waals surface area contributed by atoms with E-state index in [2.05, 4.69) is 15.0 Å². The molecule has 4 N–H and O–H groups in total. The molecule has 2 aromatic heterocycles. The van der Waals surface area contributed by atoms with Crippen LogP contribution in [0, 0.1) is 0 Å². The summed E-state index contributed by atoms with van der Waals surface area (Å²) in [7, 11) is 0. The number of aromatic nitrogens is 4. The van der Waals surface area contributed by atoms with E-state index in [9.17, 15) is 14.0 Å². The van der Waals surface area contributed by atoms with Gasteiger partial charge < -0.3 is 25.4 Å². The minimum Gasteiger partial charge on any atom is -0.479 e. The smallest absolute Gasteiger partial charge is 0.347 e. The third kappa shape index (κ3) is 3.38. The monoisotopic (exact) mass is 403 g/mol. The Labute approximate surface area is 155 Å². The van der Waals surface area contributed by atoms with Crippen molar-refractivity contribution in [3.63, 3.8) is 0 Å². The van der Waals surface area contributed by atoms with Crippen molar-refractivity contribution >= 4 is 40.5 Å². The Bertz CT molecular complexity index is 893. The lowest BCUT2D eigenvalue weighted by molar-refractivity contribution is -0.185. The molecule has 0 aromatic carbocycles. The lowest BCUT2D eigenvalue weighted by Gasteiger charge is -2.22. The highest BCUT2D eigenvalue weighted by atomic mass is 35.5. The maximum absolute atomic E-state index is 14.5. The second-order valence-electron chi connectivity index (χ2n) is 6.06. The minimum atomic E-state index is -2.47. The summed E-state index contributed by atoms with van der Waals surface area (Å²) in [5.74, 6) is -3.33. The fourth-order valence-corrected chi connectivity index (χ4v) is 2.80. The summed E-state index contributed by atoms with van der Waals surface area (Å²) in [4.78, 5) is 34.0. The first-order chi connectivity index (χ1) is 12.6. The van der Waals surface area contributed by atoms with Gasteiger partial charge in [-0.15, -0.1) is 0 Å². The number of nitrogens with two attached hydrogens (primary N) is 1. The highest BCUT2D eigenvalue weighted by molar-refractivity contribution is 6.28. The van der Waals surface area contributed by atoms with Crippen LogP contribution in [-0.2, 0) is 19.1 Å². The van der Waals surface area contributed by atoms with Crippen LogP contribution in [0.3, 0.4) is 0 Å². The van der Waals surface area contributed by atoms with Crippen LogP contribution in [0.5, 0.6) is 0 Å². The van der Waals surface area contributed by atoms with Crippen molar-refractivity contribution in [2.75, 3.05) is 12.3 Å². The maximum atomic E-state index is 14.5. The first-order valence-corrected chi connectivity index (χ1v) is 8.07. The van der Waals surface area contributed by atoms with E-state index in [1.54, 1.807) is 0 Å². The topological polar surface area (TPSA) is 163 Å². The van der Waals surface area contributed by atoms with Crippen molar-refractivity contribution in [2.24, 2.45) is 0 Å². The van der Waals surface area contributed by atoms with Crippen LogP contribution in [-0.4, -0.2) is 66.2 Å². The fraction of sp³-hybridized carbons (Fsp3) is 0.500. The van der Waals surface area contributed by atoms with E-state index < -0.39 is 42.7 Å². The van der Waals surface area contributed by atoms with Gasteiger partial charge in [-0.2, -0.15) is 9.97 Å². The summed E-state index contributed by atoms with van der Waals surface area (Å²) in [5, 5.41) is 17.9. The third-order valence-electron chi connectivity index (χ3n) is 4.20. The van der Waals surface area contributed by atoms with E-state index in [1.807, 2.05) is 0 Å². The summed E-state index contributed by atoms with van der Waals surface area (Å²) in [6.45, 7) is 0.457. The number of ether oxygens (including phenoxy) is 2. The van der Waals surface area contributed by atoms with Crippen molar-refractivity contribution in [2.45, 2.75) is 37.4 Å². The first-order valence-electron chi connectivity index (χ1n) is 7.69. The zero-order valence-electron chi connectivity index (χ0n) is 13.9. The molecular weight excluding hydrogens is 389 g/mol. The van der Waals surface area contributed by atoms with E-state index in [0.29, 0.717) is 0 Å². The molecule has 0 bridgehead atoms. The molecule has 3 atom stereocenters. The SMILES string of the molecule is CC(OCC1CC(F)C(n2cnc3c(N)nc(Cl)nc32)O1)(C(=O)O)C(=O)O. The van der Waals surface area contributed by atoms with E-state index in [0.717, 1.165) is 6.92 Å². The van der Waals surface area contributed by atoms with E-state index in [1.165, 1.54) is 10.9 Å². The summed E-state index contributed by atoms with van der Waals surface area (Å²) >= 11 is 5.77. The number of alkyl halides is 1. The third-order valence-corrected chi connectivity index (χ3v) is 4.37. The quantitative estimate of drug-likeness (QED) is 0.460. The average molecular weight is 404 g/mol. The lowest BCUT2D eigenvalue weighted by Crippen LogP contribution is -2.47. The van der Waals surface area contributed by atoms with Crippen molar-refractivity contribution in [1.29, 1.82) is 0 Å². The fourth-order valence-electron chi connectivity index (χ4n) is 2.62. The summed E-state index contributed by atoms with van der Waals surface area (Å²) in [5.41, 5.74) is 3.63. The van der Waals surface area contributed by atoms with Crippen molar-refractivity contribution in [1.82, 2.24) is 19.5 Å². The van der Waals surface area contributed by atoms with Gasteiger partial charge in [0.1, 0.15) is 11.7 Å². The molecule has 146 valence electrons. The van der Waals surface area contributed by atoms with Gasteiger partial charge in [0.25, 0.3) is 5.60 Å². The highest BCUT2D eigenvalue weighted by Crippen LogP contribution is 2.34. The summed E-state index contributed by atoms with van der Waals surface area (Å²) < 4.78 is 26.3. The zero-order chi connectivity index (χ0) is 19.9. The largest absolute Gasteiger partial charge is 0.479 e. The minimum absolute atomic E-state index is 0.0238. The number of hydrogen-bond donors (Lipinski definition) is 3. The van der Waals surface area contributed by atoms with E-state index in [-0.39, 0.29) is 28.7 Å². The molecule has 2 aromatic rings. The van der Waals surface area contributed by atoms with Gasteiger partial charge in [0.05, 0.1) is 19.0 Å². The molecule has 0 aliphatic carbocycles. The number of halogens is 2. The molecule has 13 heteroatoms. The van der Waals surface area contributed by atoms with Gasteiger partial charge in [0.15, 0.2) is 17.7 Å². The Hall–Kier alpha value is -2.57. The average Bonchev–Trinajstić information content (AvgIpc) is 3.15. The number of carboxylic acid groups (broad SMARTS) is 2. The zero-order valence-corrected chi connectivity index (χ0v) is 14.6. The van der Waals surface area contributed by atoms with E-state index >= 15 is 0 Å². The number of imidazole rings is 1. The second-order valence-corrected chi connectivity index (χ2v) is 6.39. The normalized spacial score (nSPS) is 23.0. The molecule has 3 unspecified atom stereocenters. The van der Waals surface area contributed by atoms with Crippen LogP contribution < -0.4 is 5.73 Å². The molecule has 27 heavy (non-hydrogen) atoms. The number of nitrogens with zero attached hydrogens (tertiary/aromatic N) is 4. The number of hydrogen-bond acceptors (Lipinski definition) is 8. The molecular formula is C14H15ClFN5O6. The number of fused-ring (bicyclic) bond motifs is 1. The van der Waals surface area contributed by atoms with Crippen molar-refractivity contribution < 1.29 is 33.7 Å². The Morgan fingerprint density at radius 1 is 1.48 bits per heavy atom. The number of aliphatic carboxylic acids is 2. The lowest BCUT2D eigenvalue weighted by atomic mass is 10.1. The number of rotatable bonds is 6. The predicted octanol–water partition coefficient (Wildman–Crippen LogP) is 0.632. The van der Waals surface area contributed by atoms with Crippen LogP contribution in [0.1, 0.15) is 19.6 Å². The molecule has 1 aliphatic rings. The maximum Gasteiger partial charge on any atom is 0.347 e. The van der Waals surface area contributed by atoms with Gasteiger partial charge in [-0.05, 0) is 18.5 Å². The molecule has 0 saturated carbocycles. The summed E-state index contributed by atoms with van der Waals surface area (Å²) in [6, 6.07) is 0. The van der Waals surface area contributed by atoms with Crippen molar-refractivity contribution in [3.8, 4) is 0 Å². The Morgan fingerprint density at radius 2 is 2.15 bits per heavy atom. The van der Waals surface area contributed by atoms with Gasteiger partial charge in [-0.25, -0.2) is 19.0 Å². The van der Waals surface area contributed by atoms with Crippen LogP contribution in [0.25, 0.3) is 11.2 Å². The molecule has 0 radical (unpaired) electrons. The molecule has 1 fully saturated rings. The number of carboxylic acids is 2. The van der Waals surface area contributed by atoms with Crippen LogP contribution in [0.2, 0.25) is 5.28 Å². The van der Waals surface area contributed by atoms with Gasteiger partial charge in [0.2, 0.25) is 5.28 Å². The van der Waals surface area contributed by atoms with Gasteiger partial charge in [0, 0.05) is 6.42 Å². The van der Waals surface area contributed by atoms with Gasteiger partial charge in [-0.1, -0.05) is 0 Å². The van der Waals surface area contributed by atoms with Gasteiger partial charge >= 0.3 is 11.9 Å². The molecule has 11 nitrogen and oxygen atoms in total. The molecule has 1 saturated heterocycles. The molecule has 0 amide bonds. The molecule has 1 aliphatic heterocycles. The molecule has 3 rings (SSSR count). The first kappa shape index (κ1) is 19.2. The molecule has 0 spiro atoms. The number of nitrogen functional groups attached to an aromatic ring is 1. The number of carbonyl (C=O) groups is 2. The Balaban J connectivity index is 1.78. The highest BCUT2D eigenvalue weighted by Gasteiger charge is 2.45. The van der Waals surface area contributed by atoms with Crippen molar-refractivity contribution in [3.05, 3.63) is 11.6 Å². The molecule has 3 heterocycles. The number of anilines is 1. The summed E-state index contributed by atoms with van der Waals surface area (Å²) in [6.07, 6.45) is -2.41. The van der Waals surface area contributed by atoms with Crippen LogP contribution >= 0.6 is 11.6 Å². The Morgan fingerprint density at radius 3 is 2.78 bits per heavy atom. The predicted molar refractivity (Wildman–Crippen MR) is 87.8 cm³/mol. The van der Waals surface area contributed by atoms with E-state index in [4.69, 9.17) is 37.0 Å². The second kappa shape index (κ2) is 6.87. The van der Waals surface area contributed by atoms with Crippen LogP contribution in [0.15, 0.2) is 6.33 Å². The van der Waals surface area contributed by atoms with Gasteiger partial charge in [-0.3, -0.25) is 4.57 Å². The Kier molecular flexibility index (Phi) is 4.88. The standard InChI is InChI=1S/C14H15ClFN5O6/c1-14(11(22)23,12(24)25)26-3-5-2-6(16)10(27-5)21-4-18-7-8(17)19-13(15)20-9(7)21/h4-6,10H,2-3H2,1H3,(H,22,23)(H,24,25)(H2,17,19,20). The van der Waals surface area contributed by atoms with Crippen LogP contribution in [0.4, 0.5) is 10.2 Å².